The SMILES string of the molecule is [11CH3]c1nc2c(N)ncnc2n1[C@@H]1O[C@H](COP(=O)(O)OP(=O)(O)O)[C@@H](O)[C@H]1O. The number of phosphoric acid groups is 2. The average molecular weight is 440 g/mol. The van der Waals surface area contributed by atoms with E-state index in [0.717, 1.165) is 0 Å². The van der Waals surface area contributed by atoms with Crippen LogP contribution < -0.4 is 5.73 Å². The molecule has 1 aliphatic rings. The minimum absolute atomic E-state index is 0.0931. The molecule has 0 saturated carbocycles. The van der Waals surface area contributed by atoms with Gasteiger partial charge in [-0.05, 0) is 6.92 Å². The third-order valence-electron chi connectivity index (χ3n) is 3.88. The van der Waals surface area contributed by atoms with Crippen molar-refractivity contribution in [3.8, 4) is 0 Å². The van der Waals surface area contributed by atoms with Crippen molar-refractivity contribution in [1.82, 2.24) is 19.5 Å². The molecule has 15 nitrogen and oxygen atoms in total. The molecule has 3 heterocycles. The van der Waals surface area contributed by atoms with E-state index in [0.29, 0.717) is 5.82 Å². The first kappa shape index (κ1) is 21.2. The zero-order chi connectivity index (χ0) is 20.9. The Hall–Kier alpha value is -1.51. The molecule has 28 heavy (non-hydrogen) atoms. The highest BCUT2D eigenvalue weighted by atomic mass is 31.3. The van der Waals surface area contributed by atoms with Crippen LogP contribution in [-0.4, -0.2) is 69.3 Å². The Labute approximate surface area is 156 Å². The summed E-state index contributed by atoms with van der Waals surface area (Å²) in [6.45, 7) is 0.758. The molecule has 0 amide bonds. The molecule has 3 rings (SSSR count). The highest BCUT2D eigenvalue weighted by molar-refractivity contribution is 7.60. The molecule has 0 radical (unpaired) electrons. The predicted octanol–water partition coefficient (Wildman–Crippen LogP) is -1.44. The fourth-order valence-electron chi connectivity index (χ4n) is 2.75. The Kier molecular flexibility index (Phi) is 5.59. The van der Waals surface area contributed by atoms with Gasteiger partial charge in [0.15, 0.2) is 23.2 Å². The lowest BCUT2D eigenvalue weighted by Gasteiger charge is -2.18. The molecule has 156 valence electrons. The molecule has 0 aliphatic carbocycles. The molecule has 1 fully saturated rings. The predicted molar refractivity (Wildman–Crippen MR) is 89.3 cm³/mol. The van der Waals surface area contributed by atoms with Crippen molar-refractivity contribution < 1.29 is 47.6 Å². The number of hydrogen-bond donors (Lipinski definition) is 6. The van der Waals surface area contributed by atoms with Crippen LogP contribution >= 0.6 is 15.6 Å². The zero-order valence-corrected chi connectivity index (χ0v) is 15.9. The molecule has 5 atom stereocenters. The number of rotatable bonds is 6. The molecule has 2 aromatic heterocycles. The largest absolute Gasteiger partial charge is 0.481 e. The Morgan fingerprint density at radius 1 is 1.25 bits per heavy atom. The third-order valence-corrected chi connectivity index (χ3v) is 6.04. The van der Waals surface area contributed by atoms with Crippen LogP contribution in [0.1, 0.15) is 12.1 Å². The van der Waals surface area contributed by atoms with E-state index in [1.165, 1.54) is 10.9 Å². The number of hydrogen-bond acceptors (Lipinski definition) is 11. The molecular weight excluding hydrogens is 423 g/mol. The number of ether oxygens (including phenoxy) is 1. The van der Waals surface area contributed by atoms with Gasteiger partial charge in [-0.1, -0.05) is 0 Å². The molecule has 1 aliphatic heterocycles. The van der Waals surface area contributed by atoms with Gasteiger partial charge in [0.25, 0.3) is 0 Å². The van der Waals surface area contributed by atoms with Crippen molar-refractivity contribution in [2.45, 2.75) is 31.5 Å². The van der Waals surface area contributed by atoms with Crippen LogP contribution in [0.25, 0.3) is 11.2 Å². The van der Waals surface area contributed by atoms with Gasteiger partial charge in [0.05, 0.1) is 6.61 Å². The average Bonchev–Trinajstić information content (AvgIpc) is 3.02. The van der Waals surface area contributed by atoms with Crippen LogP contribution in [0.4, 0.5) is 5.82 Å². The maximum atomic E-state index is 11.5. The second kappa shape index (κ2) is 7.39. The molecule has 1 unspecified atom stereocenters. The van der Waals surface area contributed by atoms with E-state index >= 15 is 0 Å². The summed E-state index contributed by atoms with van der Waals surface area (Å²) in [6.07, 6.45) is -4.45. The first-order valence-electron chi connectivity index (χ1n) is 7.60. The van der Waals surface area contributed by atoms with E-state index in [4.69, 9.17) is 20.3 Å². The summed E-state index contributed by atoms with van der Waals surface area (Å²) < 4.78 is 37.1. The minimum Gasteiger partial charge on any atom is -0.387 e. The Morgan fingerprint density at radius 2 is 1.93 bits per heavy atom. The van der Waals surface area contributed by atoms with Gasteiger partial charge < -0.3 is 35.4 Å². The molecule has 1 saturated heterocycles. The van der Waals surface area contributed by atoms with Crippen molar-refractivity contribution in [2.24, 2.45) is 0 Å². The highest BCUT2D eigenvalue weighted by Crippen LogP contribution is 2.57. The third kappa shape index (κ3) is 4.23. The van der Waals surface area contributed by atoms with E-state index in [9.17, 15) is 24.2 Å². The van der Waals surface area contributed by atoms with Gasteiger partial charge in [0.2, 0.25) is 0 Å². The van der Waals surface area contributed by atoms with Crippen LogP contribution in [0.3, 0.4) is 0 Å². The van der Waals surface area contributed by atoms with Crippen molar-refractivity contribution in [3.63, 3.8) is 0 Å². The number of phosphoric ester groups is 1. The van der Waals surface area contributed by atoms with Crippen molar-refractivity contribution in [2.75, 3.05) is 12.3 Å². The number of anilines is 1. The van der Waals surface area contributed by atoms with Crippen molar-refractivity contribution >= 4 is 32.6 Å². The quantitative estimate of drug-likeness (QED) is 0.283. The summed E-state index contributed by atoms with van der Waals surface area (Å²) in [6, 6.07) is 0. The fourth-order valence-corrected chi connectivity index (χ4v) is 4.34. The minimum atomic E-state index is -5.30. The summed E-state index contributed by atoms with van der Waals surface area (Å²) in [7, 11) is -10.4. The zero-order valence-electron chi connectivity index (χ0n) is 14.1. The van der Waals surface area contributed by atoms with Crippen LogP contribution in [-0.2, 0) is 22.7 Å². The monoisotopic (exact) mass is 440 g/mol. The number of aryl methyl sites for hydroxylation is 1. The van der Waals surface area contributed by atoms with Gasteiger partial charge in [-0.25, -0.2) is 24.1 Å². The topological polar surface area (TPSA) is 233 Å². The first-order chi connectivity index (χ1) is 12.9. The van der Waals surface area contributed by atoms with E-state index in [1.54, 1.807) is 6.92 Å². The molecule has 0 bridgehead atoms. The van der Waals surface area contributed by atoms with Gasteiger partial charge in [-0.3, -0.25) is 9.09 Å². The molecule has 17 heteroatoms. The number of nitrogens with two attached hydrogens (primary N) is 1. The molecular formula is C11H17N5O10P2. The van der Waals surface area contributed by atoms with E-state index < -0.39 is 46.8 Å². The standard InChI is InChI=1S/C11H17N5O10P2/c1-4-15-6-9(12)13-3-14-10(6)16(4)11-8(18)7(17)5(25-11)2-24-28(22,23)26-27(19,20)21/h3,5,7-8,11,17-18H,2H2,1H3,(H,22,23)(H2,12,13,14)(H2,19,20,21)/t5-,7-,8-,11-/m1/s1/i1-1. The number of aliphatic hydroxyl groups excluding tert-OH is 2. The lowest BCUT2D eigenvalue weighted by atomic mass is 10.1. The Balaban J connectivity index is 1.80. The number of imidazole rings is 1. The van der Waals surface area contributed by atoms with E-state index in [-0.39, 0.29) is 17.0 Å². The van der Waals surface area contributed by atoms with Gasteiger partial charge in [0.1, 0.15) is 30.5 Å². The molecule has 0 spiro atoms. The fraction of sp³-hybridized carbons (Fsp3) is 0.545. The smallest absolute Gasteiger partial charge is 0.387 e. The van der Waals surface area contributed by atoms with E-state index in [1.807, 2.05) is 0 Å². The van der Waals surface area contributed by atoms with Crippen LogP contribution in [0, 0.1) is 6.92 Å². The summed E-state index contributed by atoms with van der Waals surface area (Å²) >= 11 is 0. The molecule has 2 aromatic rings. The van der Waals surface area contributed by atoms with Crippen LogP contribution in [0.15, 0.2) is 6.33 Å². The Morgan fingerprint density at radius 3 is 2.57 bits per heavy atom. The van der Waals surface area contributed by atoms with Gasteiger partial charge in [-0.15, -0.1) is 0 Å². The van der Waals surface area contributed by atoms with Gasteiger partial charge in [0, 0.05) is 0 Å². The first-order valence-corrected chi connectivity index (χ1v) is 10.6. The van der Waals surface area contributed by atoms with Crippen molar-refractivity contribution in [3.05, 3.63) is 12.2 Å². The number of aromatic nitrogens is 4. The summed E-state index contributed by atoms with van der Waals surface area (Å²) in [5, 5.41) is 20.5. The van der Waals surface area contributed by atoms with Gasteiger partial charge in [-0.2, -0.15) is 4.31 Å². The lowest BCUT2D eigenvalue weighted by molar-refractivity contribution is -0.0511. The van der Waals surface area contributed by atoms with Crippen LogP contribution in [0.5, 0.6) is 0 Å². The second-order valence-corrected chi connectivity index (χ2v) is 8.67. The molecule has 0 aromatic carbocycles. The maximum Gasteiger partial charge on any atom is 0.481 e. The van der Waals surface area contributed by atoms with Gasteiger partial charge >= 0.3 is 15.6 Å². The Bertz CT molecular complexity index is 978. The highest BCUT2D eigenvalue weighted by Gasteiger charge is 2.46. The maximum absolute atomic E-state index is 11.5. The number of fused-ring (bicyclic) bond motifs is 1. The normalized spacial score (nSPS) is 27.9. The number of nitrogens with zero attached hydrogens (tertiary/aromatic N) is 4. The number of aliphatic hydroxyl groups is 2. The lowest BCUT2D eigenvalue weighted by Crippen LogP contribution is -2.33. The second-order valence-electron chi connectivity index (χ2n) is 5.84. The van der Waals surface area contributed by atoms with Crippen molar-refractivity contribution in [1.29, 1.82) is 0 Å². The molecule has 7 N–H and O–H groups in total. The van der Waals surface area contributed by atoms with E-state index in [2.05, 4.69) is 23.8 Å². The summed E-state index contributed by atoms with van der Waals surface area (Å²) in [5.74, 6) is 0.424. The summed E-state index contributed by atoms with van der Waals surface area (Å²) in [5.41, 5.74) is 6.21. The summed E-state index contributed by atoms with van der Waals surface area (Å²) in [4.78, 5) is 38.5. The number of nitrogen functional groups attached to an aromatic ring is 1. The van der Waals surface area contributed by atoms with Crippen LogP contribution in [0.2, 0.25) is 0 Å².